The third kappa shape index (κ3) is 6.64. The number of carbonyl (C=O) groups is 2. The summed E-state index contributed by atoms with van der Waals surface area (Å²) < 4.78 is 17.7. The number of carbonyl (C=O) groups excluding carboxylic acids is 2. The Balaban J connectivity index is 1.78. The van der Waals surface area contributed by atoms with Gasteiger partial charge < -0.3 is 24.3 Å². The molecule has 0 unspecified atom stereocenters. The number of esters is 1. The van der Waals surface area contributed by atoms with Crippen molar-refractivity contribution >= 4 is 30.1 Å². The highest BCUT2D eigenvalue weighted by molar-refractivity contribution is 6.62. The molecule has 1 fully saturated rings. The van der Waals surface area contributed by atoms with E-state index in [0.29, 0.717) is 5.56 Å². The summed E-state index contributed by atoms with van der Waals surface area (Å²) in [5.41, 5.74) is 1.71. The second-order valence-electron chi connectivity index (χ2n) is 10.9. The highest BCUT2D eigenvalue weighted by Gasteiger charge is 2.51. The molecule has 1 heterocycles. The van der Waals surface area contributed by atoms with Crippen LogP contribution in [-0.4, -0.2) is 54.3 Å². The lowest BCUT2D eigenvalue weighted by Gasteiger charge is -2.32. The standard InChI is InChI=1S/C27H37BN2O5/c1-25(2,3)33-23(31)18-30(24(32)20-11-15-22(29-8)16-12-20)17-19-9-13-21(14-10-19)28-34-26(4,5)27(6,7)35-28/h9-16,29H,17-18H2,1-8H3. The summed E-state index contributed by atoms with van der Waals surface area (Å²) in [5, 5.41) is 3.04. The van der Waals surface area contributed by atoms with Crippen LogP contribution in [0.1, 0.15) is 64.4 Å². The van der Waals surface area contributed by atoms with Gasteiger partial charge in [0.15, 0.2) is 0 Å². The van der Waals surface area contributed by atoms with Crippen molar-refractivity contribution in [3.05, 3.63) is 59.7 Å². The molecule has 188 valence electrons. The summed E-state index contributed by atoms with van der Waals surface area (Å²) >= 11 is 0. The molecule has 1 N–H and O–H groups in total. The van der Waals surface area contributed by atoms with E-state index in [9.17, 15) is 9.59 Å². The highest BCUT2D eigenvalue weighted by Crippen LogP contribution is 2.36. The number of hydrogen-bond donors (Lipinski definition) is 1. The first-order valence-electron chi connectivity index (χ1n) is 11.9. The molecule has 1 aliphatic heterocycles. The van der Waals surface area contributed by atoms with Crippen molar-refractivity contribution in [2.24, 2.45) is 0 Å². The van der Waals surface area contributed by atoms with E-state index in [1.807, 2.05) is 91.9 Å². The Morgan fingerprint density at radius 2 is 1.49 bits per heavy atom. The van der Waals surface area contributed by atoms with Crippen molar-refractivity contribution in [3.63, 3.8) is 0 Å². The molecule has 1 aliphatic rings. The number of rotatable bonds is 7. The van der Waals surface area contributed by atoms with Crippen LogP contribution in [0.5, 0.6) is 0 Å². The number of nitrogens with zero attached hydrogens (tertiary/aromatic N) is 1. The second-order valence-corrected chi connectivity index (χ2v) is 10.9. The third-order valence-corrected chi connectivity index (χ3v) is 6.33. The van der Waals surface area contributed by atoms with Gasteiger partial charge in [-0.3, -0.25) is 9.59 Å². The Morgan fingerprint density at radius 3 is 1.97 bits per heavy atom. The van der Waals surface area contributed by atoms with Gasteiger partial charge in [-0.15, -0.1) is 0 Å². The fourth-order valence-electron chi connectivity index (χ4n) is 3.67. The molecule has 3 rings (SSSR count). The van der Waals surface area contributed by atoms with Crippen molar-refractivity contribution in [3.8, 4) is 0 Å². The molecule has 0 bridgehead atoms. The largest absolute Gasteiger partial charge is 0.494 e. The molecule has 1 saturated heterocycles. The van der Waals surface area contributed by atoms with Gasteiger partial charge in [-0.05, 0) is 83.8 Å². The molecule has 7 nitrogen and oxygen atoms in total. The van der Waals surface area contributed by atoms with Gasteiger partial charge in [0.05, 0.1) is 11.2 Å². The molecule has 0 saturated carbocycles. The van der Waals surface area contributed by atoms with Gasteiger partial charge in [0, 0.05) is 24.8 Å². The lowest BCUT2D eigenvalue weighted by atomic mass is 9.79. The lowest BCUT2D eigenvalue weighted by molar-refractivity contribution is -0.155. The molecule has 35 heavy (non-hydrogen) atoms. The Labute approximate surface area is 209 Å². The van der Waals surface area contributed by atoms with Crippen LogP contribution in [0, 0.1) is 0 Å². The Kier molecular flexibility index (Phi) is 7.67. The zero-order valence-electron chi connectivity index (χ0n) is 22.1. The quantitative estimate of drug-likeness (QED) is 0.477. The average Bonchev–Trinajstić information content (AvgIpc) is 2.99. The first-order chi connectivity index (χ1) is 16.2. The van der Waals surface area contributed by atoms with Gasteiger partial charge in [-0.2, -0.15) is 0 Å². The number of nitrogens with one attached hydrogen (secondary N) is 1. The molecule has 0 aliphatic carbocycles. The summed E-state index contributed by atoms with van der Waals surface area (Å²) in [7, 11) is 1.36. The van der Waals surface area contributed by atoms with Crippen LogP contribution in [0.15, 0.2) is 48.5 Å². The van der Waals surface area contributed by atoms with E-state index in [-0.39, 0.29) is 19.0 Å². The summed E-state index contributed by atoms with van der Waals surface area (Å²) in [4.78, 5) is 27.4. The van der Waals surface area contributed by atoms with Gasteiger partial charge in [0.1, 0.15) is 12.1 Å². The minimum absolute atomic E-state index is 0.150. The molecule has 1 amide bonds. The van der Waals surface area contributed by atoms with Gasteiger partial charge in [-0.1, -0.05) is 24.3 Å². The van der Waals surface area contributed by atoms with E-state index in [0.717, 1.165) is 16.7 Å². The molecular formula is C27H37BN2O5. The van der Waals surface area contributed by atoms with Gasteiger partial charge in [0.25, 0.3) is 5.91 Å². The molecule has 0 radical (unpaired) electrons. The number of hydrogen-bond acceptors (Lipinski definition) is 6. The monoisotopic (exact) mass is 480 g/mol. The minimum Gasteiger partial charge on any atom is -0.459 e. The lowest BCUT2D eigenvalue weighted by Crippen LogP contribution is -2.41. The maximum absolute atomic E-state index is 13.3. The summed E-state index contributed by atoms with van der Waals surface area (Å²) in [6, 6.07) is 14.9. The van der Waals surface area contributed by atoms with Crippen molar-refractivity contribution in [2.45, 2.75) is 71.8 Å². The predicted octanol–water partition coefficient (Wildman–Crippen LogP) is 4.01. The van der Waals surface area contributed by atoms with Gasteiger partial charge in [0.2, 0.25) is 0 Å². The van der Waals surface area contributed by atoms with Crippen molar-refractivity contribution in [2.75, 3.05) is 18.9 Å². The summed E-state index contributed by atoms with van der Waals surface area (Å²) in [6.07, 6.45) is 0. The van der Waals surface area contributed by atoms with E-state index in [1.54, 1.807) is 12.1 Å². The van der Waals surface area contributed by atoms with Crippen LogP contribution in [0.25, 0.3) is 0 Å². The van der Waals surface area contributed by atoms with Crippen LogP contribution >= 0.6 is 0 Å². The van der Waals surface area contributed by atoms with E-state index in [4.69, 9.17) is 14.0 Å². The maximum atomic E-state index is 13.3. The van der Waals surface area contributed by atoms with Crippen LogP contribution in [0.2, 0.25) is 0 Å². The van der Waals surface area contributed by atoms with Crippen molar-refractivity contribution < 1.29 is 23.6 Å². The average molecular weight is 480 g/mol. The summed E-state index contributed by atoms with van der Waals surface area (Å²) in [6.45, 7) is 13.6. The van der Waals surface area contributed by atoms with Crippen molar-refractivity contribution in [1.82, 2.24) is 4.90 Å². The van der Waals surface area contributed by atoms with Crippen LogP contribution in [-0.2, 0) is 25.4 Å². The minimum atomic E-state index is -0.634. The Bertz CT molecular complexity index is 1030. The topological polar surface area (TPSA) is 77.1 Å². The van der Waals surface area contributed by atoms with E-state index < -0.39 is 29.9 Å². The van der Waals surface area contributed by atoms with Crippen LogP contribution in [0.4, 0.5) is 5.69 Å². The van der Waals surface area contributed by atoms with E-state index in [2.05, 4.69) is 5.32 Å². The molecular weight excluding hydrogens is 443 g/mol. The highest BCUT2D eigenvalue weighted by atomic mass is 16.7. The zero-order valence-corrected chi connectivity index (χ0v) is 22.1. The van der Waals surface area contributed by atoms with Gasteiger partial charge >= 0.3 is 13.1 Å². The molecule has 0 atom stereocenters. The second kappa shape index (κ2) is 10.0. The number of amides is 1. The van der Waals surface area contributed by atoms with Crippen LogP contribution < -0.4 is 10.8 Å². The first-order valence-corrected chi connectivity index (χ1v) is 11.9. The van der Waals surface area contributed by atoms with Gasteiger partial charge in [-0.25, -0.2) is 0 Å². The molecule has 0 aromatic heterocycles. The SMILES string of the molecule is CNc1ccc(C(=O)N(CC(=O)OC(C)(C)C)Cc2ccc(B3OC(C)(C)C(C)(C)O3)cc2)cc1. The fraction of sp³-hybridized carbons (Fsp3) is 0.481. The number of anilines is 1. The smallest absolute Gasteiger partial charge is 0.459 e. The number of benzene rings is 2. The normalized spacial score (nSPS) is 16.6. The van der Waals surface area contributed by atoms with Crippen LogP contribution in [0.3, 0.4) is 0 Å². The Hall–Kier alpha value is -2.84. The third-order valence-electron chi connectivity index (χ3n) is 6.33. The predicted molar refractivity (Wildman–Crippen MR) is 139 cm³/mol. The molecule has 2 aromatic rings. The van der Waals surface area contributed by atoms with E-state index in [1.165, 1.54) is 4.90 Å². The molecule has 0 spiro atoms. The zero-order chi connectivity index (χ0) is 26.0. The Morgan fingerprint density at radius 1 is 0.943 bits per heavy atom. The first kappa shape index (κ1) is 26.8. The fourth-order valence-corrected chi connectivity index (χ4v) is 3.67. The summed E-state index contributed by atoms with van der Waals surface area (Å²) in [5.74, 6) is -0.694. The molecule has 2 aromatic carbocycles. The molecule has 8 heteroatoms. The van der Waals surface area contributed by atoms with Crippen molar-refractivity contribution in [1.29, 1.82) is 0 Å². The number of ether oxygens (including phenoxy) is 1. The van der Waals surface area contributed by atoms with E-state index >= 15 is 0 Å². The maximum Gasteiger partial charge on any atom is 0.494 e.